The van der Waals surface area contributed by atoms with Crippen LogP contribution in [0.3, 0.4) is 0 Å². The molecule has 2 aromatic heterocycles. The summed E-state index contributed by atoms with van der Waals surface area (Å²) in [7, 11) is 0. The normalized spacial score (nSPS) is 13.7. The lowest BCUT2D eigenvalue weighted by Gasteiger charge is -2.08. The van der Waals surface area contributed by atoms with Crippen molar-refractivity contribution in [2.24, 2.45) is 0 Å². The number of carbonyl (C=O) groups excluding carboxylic acids is 1. The molecule has 7 nitrogen and oxygen atoms in total. The number of rotatable bonds is 6. The predicted octanol–water partition coefficient (Wildman–Crippen LogP) is 3.08. The Kier molecular flexibility index (Phi) is 4.84. The molecule has 0 bridgehead atoms. The third kappa shape index (κ3) is 3.62. The zero-order valence-electron chi connectivity index (χ0n) is 15.7. The van der Waals surface area contributed by atoms with Gasteiger partial charge in [-0.3, -0.25) is 14.5 Å². The third-order valence-corrected chi connectivity index (χ3v) is 5.27. The van der Waals surface area contributed by atoms with Crippen LogP contribution in [0.1, 0.15) is 41.7 Å². The molecular formula is C19H21FN6OS. The molecule has 3 aromatic rings. The van der Waals surface area contributed by atoms with Gasteiger partial charge in [0.15, 0.2) is 10.6 Å². The molecule has 2 N–H and O–H groups in total. The molecule has 0 atom stereocenters. The highest BCUT2D eigenvalue weighted by atomic mass is 32.1. The standard InChI is InChI=1S/C19H21FN6OS/c1-11-16(12(2)26(24-11)15-5-3-13(20)4-6-15)9-18(27)21-10-17-22-23-19(28)25(17)14-7-8-14/h3-6,14H,7-10H2,1-2H3,(H,21,27)(H,23,28). The smallest absolute Gasteiger partial charge is 0.224 e. The maximum atomic E-state index is 13.2. The average molecular weight is 400 g/mol. The first-order valence-corrected chi connectivity index (χ1v) is 9.58. The number of aromatic nitrogens is 5. The number of halogens is 1. The first-order chi connectivity index (χ1) is 13.4. The minimum atomic E-state index is -0.297. The lowest BCUT2D eigenvalue weighted by Crippen LogP contribution is -2.26. The summed E-state index contributed by atoms with van der Waals surface area (Å²) in [5.41, 5.74) is 3.26. The Balaban J connectivity index is 1.46. The molecule has 1 aliphatic carbocycles. The van der Waals surface area contributed by atoms with Crippen molar-refractivity contribution in [1.82, 2.24) is 29.9 Å². The Hall–Kier alpha value is -2.81. The molecule has 9 heteroatoms. The van der Waals surface area contributed by atoms with Gasteiger partial charge in [0, 0.05) is 17.3 Å². The number of carbonyl (C=O) groups is 1. The Morgan fingerprint density at radius 3 is 2.71 bits per heavy atom. The Morgan fingerprint density at radius 1 is 1.32 bits per heavy atom. The Morgan fingerprint density at radius 2 is 2.04 bits per heavy atom. The van der Waals surface area contributed by atoms with E-state index in [0.717, 1.165) is 41.3 Å². The summed E-state index contributed by atoms with van der Waals surface area (Å²) in [6.45, 7) is 4.10. The van der Waals surface area contributed by atoms with Gasteiger partial charge in [-0.1, -0.05) is 0 Å². The second kappa shape index (κ2) is 7.31. The van der Waals surface area contributed by atoms with E-state index in [1.54, 1.807) is 16.8 Å². The number of aromatic amines is 1. The van der Waals surface area contributed by atoms with E-state index in [0.29, 0.717) is 17.4 Å². The van der Waals surface area contributed by atoms with Crippen LogP contribution >= 0.6 is 12.2 Å². The molecule has 1 aromatic carbocycles. The lowest BCUT2D eigenvalue weighted by atomic mass is 10.1. The molecule has 0 unspecified atom stereocenters. The molecule has 28 heavy (non-hydrogen) atoms. The van der Waals surface area contributed by atoms with Crippen molar-refractivity contribution in [3.8, 4) is 5.69 Å². The molecule has 1 aliphatic rings. The highest BCUT2D eigenvalue weighted by Gasteiger charge is 2.27. The number of amides is 1. The van der Waals surface area contributed by atoms with Crippen LogP contribution in [0.4, 0.5) is 4.39 Å². The summed E-state index contributed by atoms with van der Waals surface area (Å²) in [6, 6.07) is 6.52. The van der Waals surface area contributed by atoms with Crippen LogP contribution in [0.5, 0.6) is 0 Å². The highest BCUT2D eigenvalue weighted by molar-refractivity contribution is 7.71. The minimum Gasteiger partial charge on any atom is -0.349 e. The third-order valence-electron chi connectivity index (χ3n) is 4.98. The van der Waals surface area contributed by atoms with Crippen molar-refractivity contribution in [2.45, 2.75) is 45.7 Å². The lowest BCUT2D eigenvalue weighted by molar-refractivity contribution is -0.120. The summed E-state index contributed by atoms with van der Waals surface area (Å²) >= 11 is 5.26. The fraction of sp³-hybridized carbons (Fsp3) is 0.368. The van der Waals surface area contributed by atoms with E-state index in [1.807, 2.05) is 18.4 Å². The predicted molar refractivity (Wildman–Crippen MR) is 104 cm³/mol. The van der Waals surface area contributed by atoms with E-state index in [1.165, 1.54) is 12.1 Å². The van der Waals surface area contributed by atoms with Crippen molar-refractivity contribution in [1.29, 1.82) is 0 Å². The van der Waals surface area contributed by atoms with Crippen LogP contribution < -0.4 is 5.32 Å². The first kappa shape index (κ1) is 18.5. The molecule has 0 saturated heterocycles. The second-order valence-electron chi connectivity index (χ2n) is 7.04. The topological polar surface area (TPSA) is 80.5 Å². The number of hydrogen-bond acceptors (Lipinski definition) is 4. The average Bonchev–Trinajstić information content (AvgIpc) is 3.39. The van der Waals surface area contributed by atoms with E-state index in [2.05, 4.69) is 20.6 Å². The van der Waals surface area contributed by atoms with Gasteiger partial charge in [-0.25, -0.2) is 9.07 Å². The van der Waals surface area contributed by atoms with Crippen molar-refractivity contribution in [3.05, 3.63) is 57.6 Å². The number of nitrogens with zero attached hydrogens (tertiary/aromatic N) is 4. The highest BCUT2D eigenvalue weighted by Crippen LogP contribution is 2.35. The number of hydrogen-bond donors (Lipinski definition) is 2. The molecule has 2 heterocycles. The maximum Gasteiger partial charge on any atom is 0.224 e. The minimum absolute atomic E-state index is 0.110. The number of benzene rings is 1. The van der Waals surface area contributed by atoms with Crippen LogP contribution in [0.2, 0.25) is 0 Å². The molecular weight excluding hydrogens is 379 g/mol. The molecule has 0 spiro atoms. The van der Waals surface area contributed by atoms with Gasteiger partial charge in [-0.15, -0.1) is 0 Å². The van der Waals surface area contributed by atoms with Crippen molar-refractivity contribution in [2.75, 3.05) is 0 Å². The molecule has 1 fully saturated rings. The Labute approximate surface area is 166 Å². The van der Waals surface area contributed by atoms with E-state index in [9.17, 15) is 9.18 Å². The molecule has 146 valence electrons. The van der Waals surface area contributed by atoms with Gasteiger partial charge in [0.05, 0.1) is 24.3 Å². The van der Waals surface area contributed by atoms with Crippen LogP contribution in [0.15, 0.2) is 24.3 Å². The number of H-pyrrole nitrogens is 1. The molecule has 4 rings (SSSR count). The van der Waals surface area contributed by atoms with Crippen molar-refractivity contribution >= 4 is 18.1 Å². The van der Waals surface area contributed by atoms with Crippen LogP contribution in [-0.2, 0) is 17.8 Å². The van der Waals surface area contributed by atoms with Gasteiger partial charge in [0.25, 0.3) is 0 Å². The summed E-state index contributed by atoms with van der Waals surface area (Å²) < 4.78 is 17.5. The maximum absolute atomic E-state index is 13.2. The second-order valence-corrected chi connectivity index (χ2v) is 7.42. The molecule has 0 radical (unpaired) electrons. The van der Waals surface area contributed by atoms with Gasteiger partial charge in [0.2, 0.25) is 5.91 Å². The van der Waals surface area contributed by atoms with Gasteiger partial charge in [0.1, 0.15) is 5.82 Å². The molecule has 1 saturated carbocycles. The number of aryl methyl sites for hydroxylation is 1. The van der Waals surface area contributed by atoms with E-state index in [-0.39, 0.29) is 18.1 Å². The first-order valence-electron chi connectivity index (χ1n) is 9.17. The van der Waals surface area contributed by atoms with E-state index >= 15 is 0 Å². The van der Waals surface area contributed by atoms with Crippen molar-refractivity contribution < 1.29 is 9.18 Å². The summed E-state index contributed by atoms with van der Waals surface area (Å²) in [5, 5.41) is 14.5. The van der Waals surface area contributed by atoms with E-state index < -0.39 is 0 Å². The van der Waals surface area contributed by atoms with Crippen LogP contribution in [0.25, 0.3) is 5.69 Å². The zero-order chi connectivity index (χ0) is 19.8. The SMILES string of the molecule is Cc1nn(-c2ccc(F)cc2)c(C)c1CC(=O)NCc1n[nH]c(=S)n1C1CC1. The van der Waals surface area contributed by atoms with Crippen molar-refractivity contribution in [3.63, 3.8) is 0 Å². The summed E-state index contributed by atoms with van der Waals surface area (Å²) in [6.07, 6.45) is 2.40. The fourth-order valence-corrected chi connectivity index (χ4v) is 3.64. The van der Waals surface area contributed by atoms with Gasteiger partial charge in [-0.2, -0.15) is 10.2 Å². The number of nitrogens with one attached hydrogen (secondary N) is 2. The van der Waals surface area contributed by atoms with Gasteiger partial charge in [-0.05, 0) is 63.2 Å². The van der Waals surface area contributed by atoms with Crippen LogP contribution in [0, 0.1) is 24.4 Å². The Bertz CT molecular complexity index is 1080. The van der Waals surface area contributed by atoms with E-state index in [4.69, 9.17) is 12.2 Å². The van der Waals surface area contributed by atoms with Crippen LogP contribution in [-0.4, -0.2) is 30.5 Å². The molecule has 1 amide bonds. The fourth-order valence-electron chi connectivity index (χ4n) is 3.34. The zero-order valence-corrected chi connectivity index (χ0v) is 16.5. The monoisotopic (exact) mass is 400 g/mol. The van der Waals surface area contributed by atoms with Gasteiger partial charge >= 0.3 is 0 Å². The quantitative estimate of drug-likeness (QED) is 0.623. The van der Waals surface area contributed by atoms with Gasteiger partial charge < -0.3 is 5.32 Å². The summed E-state index contributed by atoms with van der Waals surface area (Å²) in [4.78, 5) is 12.5. The summed E-state index contributed by atoms with van der Waals surface area (Å²) in [5.74, 6) is 0.339. The largest absolute Gasteiger partial charge is 0.349 e. The molecule has 0 aliphatic heterocycles.